The molecule has 0 atom stereocenters. The normalized spacial score (nSPS) is 15.4. The van der Waals surface area contributed by atoms with Crippen molar-refractivity contribution in [3.05, 3.63) is 99.5 Å². The van der Waals surface area contributed by atoms with Crippen molar-refractivity contribution in [3.63, 3.8) is 0 Å². The molecule has 1 aliphatic rings. The van der Waals surface area contributed by atoms with Crippen molar-refractivity contribution in [3.8, 4) is 5.75 Å². The summed E-state index contributed by atoms with van der Waals surface area (Å²) in [5, 5.41) is 1.27. The van der Waals surface area contributed by atoms with Gasteiger partial charge >= 0.3 is 0 Å². The predicted molar refractivity (Wildman–Crippen MR) is 99.7 cm³/mol. The van der Waals surface area contributed by atoms with E-state index < -0.39 is 5.60 Å². The second kappa shape index (κ2) is 6.21. The topological polar surface area (TPSA) is 26.3 Å². The van der Waals surface area contributed by atoms with Crippen LogP contribution in [0, 0.1) is 0 Å². The Morgan fingerprint density at radius 2 is 1.28 bits per heavy atom. The average Bonchev–Trinajstić information content (AvgIpc) is 2.63. The summed E-state index contributed by atoms with van der Waals surface area (Å²) < 4.78 is 6.43. The zero-order valence-corrected chi connectivity index (χ0v) is 14.7. The number of para-hydroxylation sites is 1. The predicted octanol–water partition coefficient (Wildman–Crippen LogP) is 5.90. The van der Waals surface area contributed by atoms with E-state index in [2.05, 4.69) is 0 Å². The Labute approximate surface area is 156 Å². The fourth-order valence-corrected chi connectivity index (χ4v) is 3.51. The lowest BCUT2D eigenvalue weighted by Crippen LogP contribution is -2.40. The van der Waals surface area contributed by atoms with E-state index in [1.165, 1.54) is 0 Å². The van der Waals surface area contributed by atoms with E-state index >= 15 is 0 Å². The Morgan fingerprint density at radius 1 is 0.760 bits per heavy atom. The molecular formula is C21H14Cl2O2. The van der Waals surface area contributed by atoms with E-state index in [0.29, 0.717) is 21.4 Å². The first-order chi connectivity index (χ1) is 12.1. The molecule has 3 aromatic carbocycles. The molecule has 0 aromatic heterocycles. The zero-order chi connectivity index (χ0) is 17.4. The van der Waals surface area contributed by atoms with Gasteiger partial charge in [0.05, 0.1) is 12.0 Å². The molecule has 0 fully saturated rings. The number of hydrogen-bond acceptors (Lipinski definition) is 2. The van der Waals surface area contributed by atoms with Crippen molar-refractivity contribution in [2.45, 2.75) is 12.0 Å². The number of ketones is 1. The third-order valence-electron chi connectivity index (χ3n) is 4.50. The monoisotopic (exact) mass is 368 g/mol. The zero-order valence-electron chi connectivity index (χ0n) is 13.2. The molecule has 4 heteroatoms. The smallest absolute Gasteiger partial charge is 0.171 e. The lowest BCUT2D eigenvalue weighted by atomic mass is 9.79. The van der Waals surface area contributed by atoms with Crippen LogP contribution in [0.2, 0.25) is 10.0 Å². The van der Waals surface area contributed by atoms with Gasteiger partial charge in [0.1, 0.15) is 5.75 Å². The third kappa shape index (κ3) is 2.82. The van der Waals surface area contributed by atoms with E-state index in [9.17, 15) is 4.79 Å². The van der Waals surface area contributed by atoms with Crippen molar-refractivity contribution < 1.29 is 9.53 Å². The highest BCUT2D eigenvalue weighted by molar-refractivity contribution is 6.30. The van der Waals surface area contributed by atoms with Crippen molar-refractivity contribution in [2.24, 2.45) is 0 Å². The molecule has 0 radical (unpaired) electrons. The third-order valence-corrected chi connectivity index (χ3v) is 5.01. The second-order valence-corrected chi connectivity index (χ2v) is 6.91. The quantitative estimate of drug-likeness (QED) is 0.562. The minimum Gasteiger partial charge on any atom is -0.477 e. The van der Waals surface area contributed by atoms with Crippen LogP contribution in [0.4, 0.5) is 0 Å². The summed E-state index contributed by atoms with van der Waals surface area (Å²) >= 11 is 12.1. The van der Waals surface area contributed by atoms with E-state index in [-0.39, 0.29) is 12.2 Å². The molecule has 25 heavy (non-hydrogen) atoms. The summed E-state index contributed by atoms with van der Waals surface area (Å²) in [6.07, 6.45) is 0.216. The summed E-state index contributed by atoms with van der Waals surface area (Å²) in [5.74, 6) is 0.635. The number of halogens is 2. The van der Waals surface area contributed by atoms with Gasteiger partial charge in [0, 0.05) is 21.2 Å². The van der Waals surface area contributed by atoms with Crippen LogP contribution in [0.15, 0.2) is 72.8 Å². The van der Waals surface area contributed by atoms with E-state index in [4.69, 9.17) is 27.9 Å². The van der Waals surface area contributed by atoms with Gasteiger partial charge in [-0.25, -0.2) is 0 Å². The van der Waals surface area contributed by atoms with Crippen LogP contribution in [-0.2, 0) is 5.60 Å². The average molecular weight is 369 g/mol. The molecular weight excluding hydrogens is 355 g/mol. The van der Waals surface area contributed by atoms with E-state index in [1.54, 1.807) is 6.07 Å². The molecule has 0 N–H and O–H groups in total. The van der Waals surface area contributed by atoms with Gasteiger partial charge < -0.3 is 4.74 Å². The van der Waals surface area contributed by atoms with Gasteiger partial charge in [-0.3, -0.25) is 4.79 Å². The lowest BCUT2D eigenvalue weighted by Gasteiger charge is -2.39. The SMILES string of the molecule is O=C1CC(c2ccc(Cl)cc2)(c2ccc(Cl)cc2)Oc2ccccc21. The standard InChI is InChI=1S/C21H14Cl2O2/c22-16-9-5-14(6-10-16)21(15-7-11-17(23)12-8-15)13-19(24)18-3-1-2-4-20(18)25-21/h1-12H,13H2. The van der Waals surface area contributed by atoms with Crippen LogP contribution in [0.3, 0.4) is 0 Å². The van der Waals surface area contributed by atoms with Crippen LogP contribution >= 0.6 is 23.2 Å². The molecule has 2 nitrogen and oxygen atoms in total. The number of benzene rings is 3. The van der Waals surface area contributed by atoms with Crippen LogP contribution in [0.25, 0.3) is 0 Å². The fourth-order valence-electron chi connectivity index (χ4n) is 3.26. The van der Waals surface area contributed by atoms with Crippen molar-refractivity contribution in [1.29, 1.82) is 0 Å². The Morgan fingerprint density at radius 3 is 1.84 bits per heavy atom. The maximum atomic E-state index is 12.8. The van der Waals surface area contributed by atoms with Gasteiger partial charge in [-0.15, -0.1) is 0 Å². The Bertz CT molecular complexity index is 885. The maximum absolute atomic E-state index is 12.8. The number of carbonyl (C=O) groups excluding carboxylic acids is 1. The lowest BCUT2D eigenvalue weighted by molar-refractivity contribution is 0.0617. The maximum Gasteiger partial charge on any atom is 0.171 e. The van der Waals surface area contributed by atoms with Crippen LogP contribution in [-0.4, -0.2) is 5.78 Å². The second-order valence-electron chi connectivity index (χ2n) is 6.04. The van der Waals surface area contributed by atoms with Crippen molar-refractivity contribution >= 4 is 29.0 Å². The number of hydrogen-bond donors (Lipinski definition) is 0. The van der Waals surface area contributed by atoms with Gasteiger partial charge in [-0.2, -0.15) is 0 Å². The molecule has 0 bridgehead atoms. The Kier molecular flexibility index (Phi) is 4.03. The Balaban J connectivity index is 1.93. The minimum absolute atomic E-state index is 0.0479. The summed E-state index contributed by atoms with van der Waals surface area (Å²) in [5.41, 5.74) is 1.46. The number of Topliss-reactive ketones (excluding diaryl/α,β-unsaturated/α-hetero) is 1. The van der Waals surface area contributed by atoms with E-state index in [0.717, 1.165) is 11.1 Å². The molecule has 1 heterocycles. The molecule has 0 amide bonds. The van der Waals surface area contributed by atoms with Gasteiger partial charge in [-0.1, -0.05) is 59.6 Å². The molecule has 0 spiro atoms. The first-order valence-corrected chi connectivity index (χ1v) is 8.67. The van der Waals surface area contributed by atoms with Gasteiger partial charge in [0.25, 0.3) is 0 Å². The van der Waals surface area contributed by atoms with Gasteiger partial charge in [0.2, 0.25) is 0 Å². The number of rotatable bonds is 2. The summed E-state index contributed by atoms with van der Waals surface area (Å²) in [4.78, 5) is 12.8. The number of fused-ring (bicyclic) bond motifs is 1. The van der Waals surface area contributed by atoms with Crippen LogP contribution in [0.5, 0.6) is 5.75 Å². The molecule has 1 aliphatic heterocycles. The molecule has 124 valence electrons. The fraction of sp³-hybridized carbons (Fsp3) is 0.0952. The summed E-state index contributed by atoms with van der Waals surface area (Å²) in [6, 6.07) is 22.2. The highest BCUT2D eigenvalue weighted by atomic mass is 35.5. The molecule has 3 aromatic rings. The molecule has 0 saturated heterocycles. The van der Waals surface area contributed by atoms with Gasteiger partial charge in [-0.05, 0) is 36.4 Å². The number of ether oxygens (including phenoxy) is 1. The van der Waals surface area contributed by atoms with Gasteiger partial charge in [0.15, 0.2) is 11.4 Å². The number of carbonyl (C=O) groups is 1. The summed E-state index contributed by atoms with van der Waals surface area (Å²) in [7, 11) is 0. The highest BCUT2D eigenvalue weighted by Gasteiger charge is 2.43. The molecule has 0 unspecified atom stereocenters. The van der Waals surface area contributed by atoms with Crippen molar-refractivity contribution in [1.82, 2.24) is 0 Å². The molecule has 0 saturated carbocycles. The highest BCUT2D eigenvalue weighted by Crippen LogP contribution is 2.44. The first kappa shape index (κ1) is 16.2. The van der Waals surface area contributed by atoms with Crippen LogP contribution in [0.1, 0.15) is 27.9 Å². The molecule has 4 rings (SSSR count). The minimum atomic E-state index is -0.902. The largest absolute Gasteiger partial charge is 0.477 e. The van der Waals surface area contributed by atoms with Crippen molar-refractivity contribution in [2.75, 3.05) is 0 Å². The Hall–Kier alpha value is -2.29. The summed E-state index contributed by atoms with van der Waals surface area (Å²) in [6.45, 7) is 0. The van der Waals surface area contributed by atoms with E-state index in [1.807, 2.05) is 66.7 Å². The first-order valence-electron chi connectivity index (χ1n) is 7.92. The van der Waals surface area contributed by atoms with Crippen LogP contribution < -0.4 is 4.74 Å². The molecule has 0 aliphatic carbocycles.